The zero-order valence-corrected chi connectivity index (χ0v) is 17.5. The Balaban J connectivity index is 1.33. The molecule has 0 atom stereocenters. The predicted octanol–water partition coefficient (Wildman–Crippen LogP) is 3.43. The number of nitrogens with one attached hydrogen (secondary N) is 1. The number of benzene rings is 2. The van der Waals surface area contributed by atoms with Crippen molar-refractivity contribution >= 4 is 15.7 Å². The molecule has 158 valence electrons. The van der Waals surface area contributed by atoms with Crippen LogP contribution in [0.3, 0.4) is 0 Å². The van der Waals surface area contributed by atoms with E-state index >= 15 is 0 Å². The van der Waals surface area contributed by atoms with Crippen LogP contribution in [0.25, 0.3) is 0 Å². The first-order chi connectivity index (χ1) is 15.0. The Morgan fingerprint density at radius 1 is 0.935 bits per heavy atom. The van der Waals surface area contributed by atoms with Gasteiger partial charge in [0, 0.05) is 18.9 Å². The van der Waals surface area contributed by atoms with Gasteiger partial charge in [0.2, 0.25) is 0 Å². The second-order valence-electron chi connectivity index (χ2n) is 7.04. The molecule has 7 nitrogen and oxygen atoms in total. The van der Waals surface area contributed by atoms with E-state index in [9.17, 15) is 13.2 Å². The van der Waals surface area contributed by atoms with Crippen molar-refractivity contribution < 1.29 is 17.6 Å². The van der Waals surface area contributed by atoms with Gasteiger partial charge in [0.05, 0.1) is 11.4 Å². The van der Waals surface area contributed by atoms with E-state index in [4.69, 9.17) is 4.42 Å². The number of rotatable bonds is 8. The normalized spacial score (nSPS) is 11.4. The fourth-order valence-corrected chi connectivity index (χ4v) is 4.36. The first kappa shape index (κ1) is 20.6. The lowest BCUT2D eigenvalue weighted by atomic mass is 10.1. The van der Waals surface area contributed by atoms with E-state index in [0.29, 0.717) is 13.1 Å². The molecule has 4 aromatic rings. The van der Waals surface area contributed by atoms with Crippen molar-refractivity contribution in [1.29, 1.82) is 0 Å². The molecule has 0 saturated carbocycles. The lowest BCUT2D eigenvalue weighted by Gasteiger charge is -2.06. The number of carbonyl (C=O) groups is 1. The topological polar surface area (TPSA) is 94.2 Å². The molecule has 0 aliphatic carbocycles. The minimum Gasteiger partial charge on any atom is -0.455 e. The van der Waals surface area contributed by atoms with Crippen molar-refractivity contribution in [3.05, 3.63) is 108 Å². The van der Waals surface area contributed by atoms with Crippen LogP contribution in [0.5, 0.6) is 0 Å². The summed E-state index contributed by atoms with van der Waals surface area (Å²) in [6, 6.07) is 20.9. The van der Waals surface area contributed by atoms with Gasteiger partial charge < -0.3 is 9.73 Å². The highest BCUT2D eigenvalue weighted by Gasteiger charge is 2.19. The predicted molar refractivity (Wildman–Crippen MR) is 115 cm³/mol. The monoisotopic (exact) mass is 435 g/mol. The fourth-order valence-electron chi connectivity index (χ4n) is 3.09. The smallest absolute Gasteiger partial charge is 0.287 e. The van der Waals surface area contributed by atoms with Gasteiger partial charge in [-0.25, -0.2) is 8.42 Å². The minimum absolute atomic E-state index is 0.0774. The number of sulfone groups is 1. The molecule has 4 rings (SSSR count). The molecule has 0 aliphatic rings. The third-order valence-corrected chi connectivity index (χ3v) is 6.35. The van der Waals surface area contributed by atoms with Crippen LogP contribution in [-0.2, 0) is 28.7 Å². The van der Waals surface area contributed by atoms with Gasteiger partial charge in [0.25, 0.3) is 5.91 Å². The number of nitrogens with zero attached hydrogens (tertiary/aromatic N) is 2. The quantitative estimate of drug-likeness (QED) is 0.458. The van der Waals surface area contributed by atoms with E-state index in [-0.39, 0.29) is 22.2 Å². The number of aromatic nitrogens is 2. The summed E-state index contributed by atoms with van der Waals surface area (Å²) >= 11 is 0. The summed E-state index contributed by atoms with van der Waals surface area (Å²) in [5.74, 6) is -0.406. The highest BCUT2D eigenvalue weighted by atomic mass is 32.2. The van der Waals surface area contributed by atoms with Gasteiger partial charge in [0.1, 0.15) is 11.5 Å². The standard InChI is InChI=1S/C23H21N3O4S/c27-23(24-15-18-7-9-19(10-8-18)16-26-14-4-13-25-26)22-12-11-20(30-22)17-31(28,29)21-5-2-1-3-6-21/h1-14H,15-17H2,(H,24,27). The maximum absolute atomic E-state index is 12.5. The Bertz CT molecular complexity index is 1250. The molecule has 0 bridgehead atoms. The van der Waals surface area contributed by atoms with E-state index in [1.165, 1.54) is 24.3 Å². The molecule has 1 amide bonds. The number of hydrogen-bond donors (Lipinski definition) is 1. The zero-order valence-electron chi connectivity index (χ0n) is 16.6. The van der Waals surface area contributed by atoms with Crippen LogP contribution in [0.15, 0.2) is 94.5 Å². The molecule has 0 unspecified atom stereocenters. The van der Waals surface area contributed by atoms with Crippen molar-refractivity contribution in [2.75, 3.05) is 0 Å². The summed E-state index contributed by atoms with van der Waals surface area (Å²) in [6.45, 7) is 1.01. The Morgan fingerprint density at radius 3 is 2.39 bits per heavy atom. The first-order valence-corrected chi connectivity index (χ1v) is 11.3. The lowest BCUT2D eigenvalue weighted by Crippen LogP contribution is -2.22. The van der Waals surface area contributed by atoms with E-state index in [0.717, 1.165) is 11.1 Å². The van der Waals surface area contributed by atoms with E-state index in [1.54, 1.807) is 24.4 Å². The van der Waals surface area contributed by atoms with Gasteiger partial charge in [0.15, 0.2) is 15.6 Å². The molecule has 0 spiro atoms. The van der Waals surface area contributed by atoms with Crippen molar-refractivity contribution in [2.24, 2.45) is 0 Å². The molecule has 0 aliphatic heterocycles. The average molecular weight is 436 g/mol. The van der Waals surface area contributed by atoms with Crippen LogP contribution < -0.4 is 5.32 Å². The number of furan rings is 1. The van der Waals surface area contributed by atoms with Crippen LogP contribution in [-0.4, -0.2) is 24.1 Å². The molecule has 0 radical (unpaired) electrons. The van der Waals surface area contributed by atoms with Crippen molar-refractivity contribution in [2.45, 2.75) is 23.7 Å². The largest absolute Gasteiger partial charge is 0.455 e. The Hall–Kier alpha value is -3.65. The van der Waals surface area contributed by atoms with Crippen LogP contribution in [0.1, 0.15) is 27.4 Å². The van der Waals surface area contributed by atoms with Crippen LogP contribution >= 0.6 is 0 Å². The molecule has 2 heterocycles. The maximum Gasteiger partial charge on any atom is 0.287 e. The number of amides is 1. The van der Waals surface area contributed by atoms with Gasteiger partial charge in [-0.05, 0) is 41.5 Å². The van der Waals surface area contributed by atoms with Crippen LogP contribution in [0.2, 0.25) is 0 Å². The summed E-state index contributed by atoms with van der Waals surface area (Å²) in [5.41, 5.74) is 2.05. The summed E-state index contributed by atoms with van der Waals surface area (Å²) < 4.78 is 32.2. The van der Waals surface area contributed by atoms with Crippen molar-refractivity contribution in [3.63, 3.8) is 0 Å². The molecule has 2 aromatic carbocycles. The fraction of sp³-hybridized carbons (Fsp3) is 0.130. The molecule has 31 heavy (non-hydrogen) atoms. The SMILES string of the molecule is O=C(NCc1ccc(Cn2cccn2)cc1)c1ccc(CS(=O)(=O)c2ccccc2)o1. The third kappa shape index (κ3) is 5.29. The number of hydrogen-bond acceptors (Lipinski definition) is 5. The molecule has 0 fully saturated rings. The molecule has 8 heteroatoms. The van der Waals surface area contributed by atoms with Crippen molar-refractivity contribution in [3.8, 4) is 0 Å². The Labute approximate surface area is 180 Å². The summed E-state index contributed by atoms with van der Waals surface area (Å²) in [5, 5.41) is 6.97. The minimum atomic E-state index is -3.54. The number of carbonyl (C=O) groups excluding carboxylic acids is 1. The summed E-state index contributed by atoms with van der Waals surface area (Å²) in [7, 11) is -3.54. The molecule has 0 saturated heterocycles. The van der Waals surface area contributed by atoms with E-state index < -0.39 is 15.7 Å². The Morgan fingerprint density at radius 2 is 1.68 bits per heavy atom. The second kappa shape index (κ2) is 9.01. The van der Waals surface area contributed by atoms with Gasteiger partial charge in [-0.2, -0.15) is 5.10 Å². The first-order valence-electron chi connectivity index (χ1n) is 9.69. The highest BCUT2D eigenvalue weighted by Crippen LogP contribution is 2.18. The van der Waals surface area contributed by atoms with Crippen LogP contribution in [0.4, 0.5) is 0 Å². The average Bonchev–Trinajstić information content (AvgIpc) is 3.46. The zero-order chi connectivity index (χ0) is 21.7. The van der Waals surface area contributed by atoms with E-state index in [2.05, 4.69) is 10.4 Å². The van der Waals surface area contributed by atoms with E-state index in [1.807, 2.05) is 41.2 Å². The maximum atomic E-state index is 12.5. The van der Waals surface area contributed by atoms with Crippen LogP contribution in [0, 0.1) is 0 Å². The van der Waals surface area contributed by atoms with Gasteiger partial charge in [-0.15, -0.1) is 0 Å². The molecule has 1 N–H and O–H groups in total. The molecular weight excluding hydrogens is 414 g/mol. The van der Waals surface area contributed by atoms with Gasteiger partial charge >= 0.3 is 0 Å². The van der Waals surface area contributed by atoms with Gasteiger partial charge in [-0.3, -0.25) is 9.48 Å². The van der Waals surface area contributed by atoms with Gasteiger partial charge in [-0.1, -0.05) is 42.5 Å². The molecular formula is C23H21N3O4S. The highest BCUT2D eigenvalue weighted by molar-refractivity contribution is 7.90. The summed E-state index contributed by atoms with van der Waals surface area (Å²) in [4.78, 5) is 12.6. The summed E-state index contributed by atoms with van der Waals surface area (Å²) in [6.07, 6.45) is 3.64. The molecule has 2 aromatic heterocycles. The Kier molecular flexibility index (Phi) is 5.99. The lowest BCUT2D eigenvalue weighted by molar-refractivity contribution is 0.0921. The van der Waals surface area contributed by atoms with Crippen molar-refractivity contribution in [1.82, 2.24) is 15.1 Å². The third-order valence-electron chi connectivity index (χ3n) is 4.70. The second-order valence-corrected chi connectivity index (χ2v) is 9.03.